The van der Waals surface area contributed by atoms with Crippen LogP contribution in [0, 0.1) is 6.42 Å². The molecule has 0 N–H and O–H groups in total. The van der Waals surface area contributed by atoms with Crippen molar-refractivity contribution in [2.75, 3.05) is 0 Å². The molecule has 0 aliphatic carbocycles. The Kier molecular flexibility index (Phi) is 8.11. The molecule has 0 saturated carbocycles. The monoisotopic (exact) mass is 137 g/mol. The second kappa shape index (κ2) is 8.52. The molecule has 0 aromatic rings. The average molecular weight is 137 g/mol. The van der Waals surface area contributed by atoms with Crippen LogP contribution in [0.15, 0.2) is 18.4 Å². The normalized spacial score (nSPS) is 8.90. The number of hydrogen-bond acceptors (Lipinski definition) is 0. The van der Waals surface area contributed by atoms with E-state index in [9.17, 15) is 0 Å². The summed E-state index contributed by atoms with van der Waals surface area (Å²) >= 11 is 0. The van der Waals surface area contributed by atoms with Crippen molar-refractivity contribution >= 4 is 0 Å². The fraction of sp³-hybridized carbons (Fsp3) is 0.600. The van der Waals surface area contributed by atoms with Crippen molar-refractivity contribution in [3.8, 4) is 0 Å². The standard InChI is InChI=1S/C10H17/c1-3-5-7-9-10-8-6-4-2/h5,7H,1,4,6,8-10H2,2H3. The topological polar surface area (TPSA) is 0 Å². The maximum atomic E-state index is 3.48. The van der Waals surface area contributed by atoms with Gasteiger partial charge in [-0.15, -0.1) is 5.73 Å². The molecule has 0 rings (SSSR count). The molecule has 0 saturated heterocycles. The van der Waals surface area contributed by atoms with Crippen LogP contribution < -0.4 is 0 Å². The van der Waals surface area contributed by atoms with Gasteiger partial charge in [0.2, 0.25) is 0 Å². The smallest absolute Gasteiger partial charge is 0.00886 e. The van der Waals surface area contributed by atoms with Gasteiger partial charge in [0.05, 0.1) is 0 Å². The highest BCUT2D eigenvalue weighted by atomic mass is 13.9. The van der Waals surface area contributed by atoms with Gasteiger partial charge in [0, 0.05) is 0 Å². The Morgan fingerprint density at radius 1 is 1.30 bits per heavy atom. The van der Waals surface area contributed by atoms with Crippen LogP contribution >= 0.6 is 0 Å². The Hall–Kier alpha value is -0.480. The van der Waals surface area contributed by atoms with Crippen molar-refractivity contribution < 1.29 is 0 Å². The molecule has 0 amide bonds. The lowest BCUT2D eigenvalue weighted by Crippen LogP contribution is -1.75. The summed E-state index contributed by atoms with van der Waals surface area (Å²) in [7, 11) is 0. The first-order chi connectivity index (χ1) is 4.91. The zero-order chi connectivity index (χ0) is 7.66. The first-order valence-corrected chi connectivity index (χ1v) is 4.09. The van der Waals surface area contributed by atoms with Crippen molar-refractivity contribution in [1.82, 2.24) is 0 Å². The summed E-state index contributed by atoms with van der Waals surface area (Å²) in [5, 5.41) is 0. The zero-order valence-electron chi connectivity index (χ0n) is 6.90. The molecule has 0 bridgehead atoms. The fourth-order valence-electron chi connectivity index (χ4n) is 0.856. The molecular formula is C10H17. The minimum atomic E-state index is 1.18. The van der Waals surface area contributed by atoms with Gasteiger partial charge in [-0.3, -0.25) is 0 Å². The third-order valence-electron chi connectivity index (χ3n) is 1.46. The minimum Gasteiger partial charge on any atom is -0.133 e. The SMILES string of the molecule is C=C=C[CH]CCCCCC. The third-order valence-corrected chi connectivity index (χ3v) is 1.46. The van der Waals surface area contributed by atoms with Gasteiger partial charge in [0.15, 0.2) is 0 Å². The predicted molar refractivity (Wildman–Crippen MR) is 46.8 cm³/mol. The molecular weight excluding hydrogens is 120 g/mol. The summed E-state index contributed by atoms with van der Waals surface area (Å²) in [6.45, 7) is 5.71. The summed E-state index contributed by atoms with van der Waals surface area (Å²) < 4.78 is 0. The first kappa shape index (κ1) is 9.52. The maximum Gasteiger partial charge on any atom is -0.00886 e. The van der Waals surface area contributed by atoms with E-state index < -0.39 is 0 Å². The molecule has 0 heteroatoms. The zero-order valence-corrected chi connectivity index (χ0v) is 6.90. The Balaban J connectivity index is 2.83. The van der Waals surface area contributed by atoms with Crippen LogP contribution in [0.4, 0.5) is 0 Å². The van der Waals surface area contributed by atoms with E-state index in [0.29, 0.717) is 0 Å². The van der Waals surface area contributed by atoms with E-state index in [0.717, 1.165) is 0 Å². The minimum absolute atomic E-state index is 1.18. The van der Waals surface area contributed by atoms with Crippen molar-refractivity contribution in [3.63, 3.8) is 0 Å². The van der Waals surface area contributed by atoms with Crippen molar-refractivity contribution in [2.24, 2.45) is 0 Å². The van der Waals surface area contributed by atoms with Crippen LogP contribution in [0.25, 0.3) is 0 Å². The van der Waals surface area contributed by atoms with Crippen LogP contribution in [0.2, 0.25) is 0 Å². The number of hydrogen-bond donors (Lipinski definition) is 0. The molecule has 1 radical (unpaired) electrons. The summed E-state index contributed by atoms with van der Waals surface area (Å²) in [6.07, 6.45) is 10.6. The van der Waals surface area contributed by atoms with Crippen LogP contribution in [0.5, 0.6) is 0 Å². The van der Waals surface area contributed by atoms with Crippen LogP contribution in [0.1, 0.15) is 39.0 Å². The highest BCUT2D eigenvalue weighted by Gasteiger charge is 1.85. The van der Waals surface area contributed by atoms with Gasteiger partial charge in [-0.1, -0.05) is 39.2 Å². The molecule has 0 aliphatic heterocycles. The number of unbranched alkanes of at least 4 members (excludes halogenated alkanes) is 5. The molecule has 0 unspecified atom stereocenters. The second-order valence-electron chi connectivity index (χ2n) is 2.46. The van der Waals surface area contributed by atoms with E-state index in [1.807, 2.05) is 6.08 Å². The fourth-order valence-corrected chi connectivity index (χ4v) is 0.856. The number of allylic oxidation sites excluding steroid dienone is 1. The van der Waals surface area contributed by atoms with Gasteiger partial charge in [-0.25, -0.2) is 0 Å². The lowest BCUT2D eigenvalue weighted by molar-refractivity contribution is 0.667. The van der Waals surface area contributed by atoms with E-state index in [1.165, 1.54) is 32.1 Å². The van der Waals surface area contributed by atoms with Gasteiger partial charge >= 0.3 is 0 Å². The molecule has 0 heterocycles. The molecule has 10 heavy (non-hydrogen) atoms. The van der Waals surface area contributed by atoms with Gasteiger partial charge < -0.3 is 0 Å². The maximum absolute atomic E-state index is 3.48. The molecule has 0 aliphatic rings. The molecule has 57 valence electrons. The Labute approximate surface area is 64.6 Å². The Bertz CT molecular complexity index is 96.6. The molecule has 0 nitrogen and oxygen atoms in total. The Morgan fingerprint density at radius 2 is 2.10 bits per heavy atom. The van der Waals surface area contributed by atoms with Gasteiger partial charge in [0.1, 0.15) is 0 Å². The highest BCUT2D eigenvalue weighted by molar-refractivity contribution is 4.90. The molecule has 0 aromatic heterocycles. The van der Waals surface area contributed by atoms with Crippen molar-refractivity contribution in [2.45, 2.75) is 39.0 Å². The van der Waals surface area contributed by atoms with E-state index in [-0.39, 0.29) is 0 Å². The van der Waals surface area contributed by atoms with Gasteiger partial charge in [-0.2, -0.15) is 0 Å². The molecule has 0 fully saturated rings. The lowest BCUT2D eigenvalue weighted by Gasteiger charge is -1.94. The van der Waals surface area contributed by atoms with Crippen LogP contribution in [-0.4, -0.2) is 0 Å². The largest absolute Gasteiger partial charge is 0.133 e. The van der Waals surface area contributed by atoms with Crippen LogP contribution in [-0.2, 0) is 0 Å². The van der Waals surface area contributed by atoms with E-state index in [2.05, 4.69) is 25.7 Å². The van der Waals surface area contributed by atoms with Gasteiger partial charge in [0.25, 0.3) is 0 Å². The molecule has 0 aromatic carbocycles. The second-order valence-corrected chi connectivity index (χ2v) is 2.46. The van der Waals surface area contributed by atoms with Crippen molar-refractivity contribution in [3.05, 3.63) is 24.8 Å². The van der Waals surface area contributed by atoms with E-state index in [4.69, 9.17) is 0 Å². The summed E-state index contributed by atoms with van der Waals surface area (Å²) in [5.74, 6) is 0. The van der Waals surface area contributed by atoms with Gasteiger partial charge in [-0.05, 0) is 18.9 Å². The highest BCUT2D eigenvalue weighted by Crippen LogP contribution is 2.03. The number of rotatable bonds is 6. The Morgan fingerprint density at radius 3 is 2.70 bits per heavy atom. The summed E-state index contributed by atoms with van der Waals surface area (Å²) in [4.78, 5) is 0. The van der Waals surface area contributed by atoms with Crippen LogP contribution in [0.3, 0.4) is 0 Å². The quantitative estimate of drug-likeness (QED) is 0.388. The summed E-state index contributed by atoms with van der Waals surface area (Å²) in [6, 6.07) is 0. The van der Waals surface area contributed by atoms with Crippen molar-refractivity contribution in [1.29, 1.82) is 0 Å². The van der Waals surface area contributed by atoms with E-state index >= 15 is 0 Å². The predicted octanol–water partition coefficient (Wildman–Crippen LogP) is 3.50. The third kappa shape index (κ3) is 7.52. The lowest BCUT2D eigenvalue weighted by atomic mass is 10.1. The molecule has 0 spiro atoms. The first-order valence-electron chi connectivity index (χ1n) is 4.09. The molecule has 0 atom stereocenters. The van der Waals surface area contributed by atoms with E-state index in [1.54, 1.807) is 0 Å². The summed E-state index contributed by atoms with van der Waals surface area (Å²) in [5.41, 5.74) is 2.73. The average Bonchev–Trinajstić information content (AvgIpc) is 1.97.